The van der Waals surface area contributed by atoms with Crippen LogP contribution in [-0.2, 0) is 4.79 Å². The molecular weight excluding hydrogens is 320 g/mol. The third-order valence-corrected chi connectivity index (χ3v) is 5.25. The Hall–Kier alpha value is -2.37. The van der Waals surface area contributed by atoms with Gasteiger partial charge in [-0.15, -0.1) is 0 Å². The zero-order valence-corrected chi connectivity index (χ0v) is 14.2. The Morgan fingerprint density at radius 1 is 1.08 bits per heavy atom. The summed E-state index contributed by atoms with van der Waals surface area (Å²) >= 11 is 0. The highest BCUT2D eigenvalue weighted by atomic mass is 16.4. The lowest BCUT2D eigenvalue weighted by molar-refractivity contribution is -0.128. The monoisotopic (exact) mass is 344 g/mol. The number of hydrogen-bond acceptors (Lipinski definition) is 3. The normalized spacial score (nSPS) is 21.7. The first-order valence-corrected chi connectivity index (χ1v) is 8.98. The van der Waals surface area contributed by atoms with Crippen molar-refractivity contribution >= 4 is 17.8 Å². The van der Waals surface area contributed by atoms with Gasteiger partial charge in [0, 0.05) is 18.7 Å². The van der Waals surface area contributed by atoms with Gasteiger partial charge in [-0.1, -0.05) is 32.1 Å². The minimum atomic E-state index is -1.02. The summed E-state index contributed by atoms with van der Waals surface area (Å²) in [6.45, 7) is 0.946. The number of benzene rings is 1. The molecular formula is C19H24N2O4. The summed E-state index contributed by atoms with van der Waals surface area (Å²) < 4.78 is 0. The standard InChI is InChI=1S/C19H24N2O4/c22-17-16(12-13-4-2-1-3-5-13)21(11-10-20-17)18(23)14-6-8-15(9-7-14)19(24)25/h6-9,13,16H,1-5,10-12H2,(H,20,22)(H,24,25). The number of carboxylic acid groups (broad SMARTS) is 1. The van der Waals surface area contributed by atoms with Crippen LogP contribution in [0.25, 0.3) is 0 Å². The first-order valence-electron chi connectivity index (χ1n) is 8.98. The van der Waals surface area contributed by atoms with Crippen molar-refractivity contribution in [2.75, 3.05) is 13.1 Å². The molecule has 1 aliphatic carbocycles. The topological polar surface area (TPSA) is 86.7 Å². The highest BCUT2D eigenvalue weighted by molar-refractivity contribution is 5.99. The van der Waals surface area contributed by atoms with Gasteiger partial charge in [0.2, 0.25) is 5.91 Å². The molecule has 6 nitrogen and oxygen atoms in total. The highest BCUT2D eigenvalue weighted by Gasteiger charge is 2.35. The van der Waals surface area contributed by atoms with Gasteiger partial charge in [0.25, 0.3) is 5.91 Å². The Bertz CT molecular complexity index is 650. The molecule has 0 aromatic heterocycles. The van der Waals surface area contributed by atoms with E-state index in [-0.39, 0.29) is 17.4 Å². The zero-order chi connectivity index (χ0) is 17.8. The summed E-state index contributed by atoms with van der Waals surface area (Å²) in [5.41, 5.74) is 0.569. The second-order valence-corrected chi connectivity index (χ2v) is 6.93. The Morgan fingerprint density at radius 3 is 2.36 bits per heavy atom. The Balaban J connectivity index is 1.75. The van der Waals surface area contributed by atoms with Crippen molar-refractivity contribution in [2.24, 2.45) is 5.92 Å². The maximum atomic E-state index is 12.9. The van der Waals surface area contributed by atoms with Crippen molar-refractivity contribution in [3.05, 3.63) is 35.4 Å². The Labute approximate surface area is 147 Å². The molecule has 2 fully saturated rings. The van der Waals surface area contributed by atoms with Crippen LogP contribution in [0.4, 0.5) is 0 Å². The van der Waals surface area contributed by atoms with Crippen molar-refractivity contribution < 1.29 is 19.5 Å². The van der Waals surface area contributed by atoms with E-state index >= 15 is 0 Å². The average molecular weight is 344 g/mol. The fraction of sp³-hybridized carbons (Fsp3) is 0.526. The molecule has 2 aliphatic rings. The van der Waals surface area contributed by atoms with Crippen LogP contribution in [0, 0.1) is 5.92 Å². The molecule has 2 amide bonds. The Morgan fingerprint density at radius 2 is 1.72 bits per heavy atom. The SMILES string of the molecule is O=C(O)c1ccc(C(=O)N2CCNC(=O)C2CC2CCCCC2)cc1. The molecule has 2 N–H and O–H groups in total. The third kappa shape index (κ3) is 4.00. The molecule has 6 heteroatoms. The lowest BCUT2D eigenvalue weighted by Gasteiger charge is -2.37. The van der Waals surface area contributed by atoms with Gasteiger partial charge in [0.15, 0.2) is 0 Å². The van der Waals surface area contributed by atoms with Crippen LogP contribution in [0.2, 0.25) is 0 Å². The first-order chi connectivity index (χ1) is 12.1. The summed E-state index contributed by atoms with van der Waals surface area (Å²) in [4.78, 5) is 37.9. The average Bonchev–Trinajstić information content (AvgIpc) is 2.64. The van der Waals surface area contributed by atoms with E-state index < -0.39 is 12.0 Å². The second kappa shape index (κ2) is 7.68. The quantitative estimate of drug-likeness (QED) is 0.877. The summed E-state index contributed by atoms with van der Waals surface area (Å²) in [7, 11) is 0. The molecule has 1 atom stereocenters. The number of amides is 2. The van der Waals surface area contributed by atoms with Crippen molar-refractivity contribution in [2.45, 2.75) is 44.6 Å². The maximum absolute atomic E-state index is 12.9. The van der Waals surface area contributed by atoms with E-state index in [1.165, 1.54) is 43.5 Å². The van der Waals surface area contributed by atoms with Gasteiger partial charge >= 0.3 is 5.97 Å². The molecule has 1 aliphatic heterocycles. The van der Waals surface area contributed by atoms with Gasteiger partial charge in [0.05, 0.1) is 5.56 Å². The number of carbonyl (C=O) groups excluding carboxylic acids is 2. The van der Waals surface area contributed by atoms with E-state index in [2.05, 4.69) is 5.32 Å². The smallest absolute Gasteiger partial charge is 0.335 e. The van der Waals surface area contributed by atoms with E-state index in [9.17, 15) is 14.4 Å². The minimum absolute atomic E-state index is 0.0765. The van der Waals surface area contributed by atoms with Crippen LogP contribution in [0.1, 0.15) is 59.2 Å². The molecule has 1 saturated heterocycles. The fourth-order valence-corrected chi connectivity index (χ4v) is 3.85. The molecule has 25 heavy (non-hydrogen) atoms. The molecule has 3 rings (SSSR count). The van der Waals surface area contributed by atoms with Crippen LogP contribution in [-0.4, -0.2) is 46.9 Å². The van der Waals surface area contributed by atoms with Crippen molar-refractivity contribution in [1.29, 1.82) is 0 Å². The lowest BCUT2D eigenvalue weighted by atomic mass is 9.84. The van der Waals surface area contributed by atoms with E-state index in [0.717, 1.165) is 12.8 Å². The molecule has 0 spiro atoms. The van der Waals surface area contributed by atoms with Crippen LogP contribution in [0.5, 0.6) is 0 Å². The molecule has 134 valence electrons. The number of carboxylic acids is 1. The van der Waals surface area contributed by atoms with Crippen LogP contribution in [0.15, 0.2) is 24.3 Å². The van der Waals surface area contributed by atoms with Crippen molar-refractivity contribution in [1.82, 2.24) is 10.2 Å². The molecule has 1 aromatic rings. The number of nitrogens with zero attached hydrogens (tertiary/aromatic N) is 1. The predicted octanol–water partition coefficient (Wildman–Crippen LogP) is 2.30. The second-order valence-electron chi connectivity index (χ2n) is 6.93. The van der Waals surface area contributed by atoms with Gasteiger partial charge in [-0.25, -0.2) is 4.79 Å². The van der Waals surface area contributed by atoms with Crippen LogP contribution in [0.3, 0.4) is 0 Å². The van der Waals surface area contributed by atoms with Crippen LogP contribution < -0.4 is 5.32 Å². The highest BCUT2D eigenvalue weighted by Crippen LogP contribution is 2.29. The van der Waals surface area contributed by atoms with E-state index in [1.54, 1.807) is 4.90 Å². The van der Waals surface area contributed by atoms with Gasteiger partial charge in [-0.3, -0.25) is 9.59 Å². The van der Waals surface area contributed by atoms with Gasteiger partial charge in [0.1, 0.15) is 6.04 Å². The van der Waals surface area contributed by atoms with E-state index in [4.69, 9.17) is 5.11 Å². The molecule has 1 saturated carbocycles. The Kier molecular flexibility index (Phi) is 5.36. The molecule has 1 unspecified atom stereocenters. The van der Waals surface area contributed by atoms with Gasteiger partial charge in [-0.2, -0.15) is 0 Å². The number of piperazine rings is 1. The first kappa shape index (κ1) is 17.5. The maximum Gasteiger partial charge on any atom is 0.335 e. The lowest BCUT2D eigenvalue weighted by Crippen LogP contribution is -2.57. The minimum Gasteiger partial charge on any atom is -0.478 e. The summed E-state index contributed by atoms with van der Waals surface area (Å²) in [6.07, 6.45) is 6.61. The zero-order valence-electron chi connectivity index (χ0n) is 14.2. The predicted molar refractivity (Wildman–Crippen MR) is 92.4 cm³/mol. The van der Waals surface area contributed by atoms with E-state index in [0.29, 0.717) is 31.0 Å². The molecule has 1 aromatic carbocycles. The third-order valence-electron chi connectivity index (χ3n) is 5.25. The summed E-state index contributed by atoms with van der Waals surface area (Å²) in [5, 5.41) is 11.8. The summed E-state index contributed by atoms with van der Waals surface area (Å²) in [6, 6.07) is 5.47. The van der Waals surface area contributed by atoms with Crippen molar-refractivity contribution in [3.63, 3.8) is 0 Å². The summed E-state index contributed by atoms with van der Waals surface area (Å²) in [5.74, 6) is -0.807. The molecule has 0 bridgehead atoms. The molecule has 1 heterocycles. The largest absolute Gasteiger partial charge is 0.478 e. The fourth-order valence-electron chi connectivity index (χ4n) is 3.85. The number of aromatic carboxylic acids is 1. The van der Waals surface area contributed by atoms with Crippen LogP contribution >= 0.6 is 0 Å². The van der Waals surface area contributed by atoms with Gasteiger partial charge < -0.3 is 15.3 Å². The number of carbonyl (C=O) groups is 3. The number of hydrogen-bond donors (Lipinski definition) is 2. The van der Waals surface area contributed by atoms with Gasteiger partial charge in [-0.05, 0) is 36.6 Å². The van der Waals surface area contributed by atoms with Crippen molar-refractivity contribution in [3.8, 4) is 0 Å². The van der Waals surface area contributed by atoms with E-state index in [1.807, 2.05) is 0 Å². The number of rotatable bonds is 4. The molecule has 0 radical (unpaired) electrons. The number of nitrogens with one attached hydrogen (secondary N) is 1.